The Balaban J connectivity index is 1.43. The predicted molar refractivity (Wildman–Crippen MR) is 103 cm³/mol. The molecule has 0 unspecified atom stereocenters. The molecular formula is C21H21NO2S. The van der Waals surface area contributed by atoms with E-state index in [-0.39, 0.29) is 5.91 Å². The number of nitrogens with zero attached hydrogens (tertiary/aromatic N) is 1. The summed E-state index contributed by atoms with van der Waals surface area (Å²) in [4.78, 5) is 15.7. The lowest BCUT2D eigenvalue weighted by Crippen LogP contribution is -2.37. The zero-order valence-corrected chi connectivity index (χ0v) is 15.1. The van der Waals surface area contributed by atoms with E-state index in [4.69, 9.17) is 4.74 Å². The maximum absolute atomic E-state index is 12.8. The number of rotatable bonds is 3. The van der Waals surface area contributed by atoms with E-state index in [0.29, 0.717) is 5.92 Å². The standard InChI is InChI=1S/C21H21NO2S/c1-24-18-8-6-15(7-9-18)16-10-12-22(13-11-16)21(23)20-14-17-4-2-3-5-19(17)25-20/h2-9,14,16H,10-13H2,1H3. The minimum Gasteiger partial charge on any atom is -0.497 e. The molecule has 1 saturated heterocycles. The molecule has 2 aromatic carbocycles. The Morgan fingerprint density at radius 3 is 2.48 bits per heavy atom. The third-order valence-corrected chi connectivity index (χ3v) is 6.11. The summed E-state index contributed by atoms with van der Waals surface area (Å²) in [6, 6.07) is 18.5. The molecule has 0 aliphatic carbocycles. The molecular weight excluding hydrogens is 330 g/mol. The average molecular weight is 351 g/mol. The lowest BCUT2D eigenvalue weighted by Gasteiger charge is -2.32. The molecule has 3 nitrogen and oxygen atoms in total. The summed E-state index contributed by atoms with van der Waals surface area (Å²) in [6.07, 6.45) is 2.03. The Morgan fingerprint density at radius 2 is 1.80 bits per heavy atom. The average Bonchev–Trinajstić information content (AvgIpc) is 3.12. The van der Waals surface area contributed by atoms with Gasteiger partial charge in [0.25, 0.3) is 5.91 Å². The van der Waals surface area contributed by atoms with E-state index in [2.05, 4.69) is 24.3 Å². The van der Waals surface area contributed by atoms with Crippen LogP contribution in [0.15, 0.2) is 54.6 Å². The summed E-state index contributed by atoms with van der Waals surface area (Å²) in [7, 11) is 1.69. The van der Waals surface area contributed by atoms with E-state index in [9.17, 15) is 4.79 Å². The number of piperidine rings is 1. The molecule has 1 aliphatic heterocycles. The molecule has 0 bridgehead atoms. The Bertz CT molecular complexity index is 843. The zero-order valence-electron chi connectivity index (χ0n) is 14.3. The van der Waals surface area contributed by atoms with Gasteiger partial charge in [-0.25, -0.2) is 0 Å². The summed E-state index contributed by atoms with van der Waals surface area (Å²) in [5.41, 5.74) is 1.34. The number of thiophene rings is 1. The van der Waals surface area contributed by atoms with E-state index in [0.717, 1.165) is 41.9 Å². The van der Waals surface area contributed by atoms with Crippen LogP contribution >= 0.6 is 11.3 Å². The Morgan fingerprint density at radius 1 is 1.08 bits per heavy atom. The molecule has 4 heteroatoms. The second-order valence-corrected chi connectivity index (χ2v) is 7.57. The molecule has 1 aliphatic rings. The van der Waals surface area contributed by atoms with E-state index >= 15 is 0 Å². The van der Waals surface area contributed by atoms with Gasteiger partial charge in [-0.1, -0.05) is 30.3 Å². The van der Waals surface area contributed by atoms with Crippen molar-refractivity contribution in [3.05, 3.63) is 65.0 Å². The van der Waals surface area contributed by atoms with Gasteiger partial charge in [0.05, 0.1) is 12.0 Å². The first-order valence-corrected chi connectivity index (χ1v) is 9.48. The van der Waals surface area contributed by atoms with Crippen molar-refractivity contribution in [2.45, 2.75) is 18.8 Å². The molecule has 1 amide bonds. The van der Waals surface area contributed by atoms with Gasteiger partial charge in [-0.2, -0.15) is 0 Å². The lowest BCUT2D eigenvalue weighted by molar-refractivity contribution is 0.0718. The molecule has 0 saturated carbocycles. The SMILES string of the molecule is COc1ccc(C2CCN(C(=O)c3cc4ccccc4s3)CC2)cc1. The fourth-order valence-electron chi connectivity index (χ4n) is 3.54. The number of fused-ring (bicyclic) bond motifs is 1. The summed E-state index contributed by atoms with van der Waals surface area (Å²) < 4.78 is 6.41. The fraction of sp³-hybridized carbons (Fsp3) is 0.286. The van der Waals surface area contributed by atoms with Crippen molar-refractivity contribution in [2.24, 2.45) is 0 Å². The summed E-state index contributed by atoms with van der Waals surface area (Å²) in [5, 5.41) is 1.16. The van der Waals surface area contributed by atoms with Crippen LogP contribution in [-0.2, 0) is 0 Å². The highest BCUT2D eigenvalue weighted by atomic mass is 32.1. The minimum absolute atomic E-state index is 0.175. The quantitative estimate of drug-likeness (QED) is 0.669. The van der Waals surface area contributed by atoms with Crippen molar-refractivity contribution in [1.29, 1.82) is 0 Å². The maximum Gasteiger partial charge on any atom is 0.263 e. The molecule has 25 heavy (non-hydrogen) atoms. The smallest absolute Gasteiger partial charge is 0.263 e. The van der Waals surface area contributed by atoms with Gasteiger partial charge in [0.15, 0.2) is 0 Å². The number of hydrogen-bond acceptors (Lipinski definition) is 3. The number of likely N-dealkylation sites (tertiary alicyclic amines) is 1. The van der Waals surface area contributed by atoms with Crippen molar-refractivity contribution in [2.75, 3.05) is 20.2 Å². The first-order valence-electron chi connectivity index (χ1n) is 8.66. The van der Waals surface area contributed by atoms with Crippen LogP contribution in [0, 0.1) is 0 Å². The van der Waals surface area contributed by atoms with Crippen LogP contribution in [0.2, 0.25) is 0 Å². The molecule has 4 rings (SSSR count). The van der Waals surface area contributed by atoms with Gasteiger partial charge in [0.1, 0.15) is 5.75 Å². The Hall–Kier alpha value is -2.33. The van der Waals surface area contributed by atoms with Gasteiger partial charge < -0.3 is 9.64 Å². The van der Waals surface area contributed by atoms with Crippen LogP contribution in [0.1, 0.15) is 34.0 Å². The van der Waals surface area contributed by atoms with Crippen LogP contribution in [0.3, 0.4) is 0 Å². The van der Waals surface area contributed by atoms with Gasteiger partial charge in [0.2, 0.25) is 0 Å². The molecule has 128 valence electrons. The Kier molecular flexibility index (Phi) is 4.45. The highest BCUT2D eigenvalue weighted by Crippen LogP contribution is 2.31. The molecule has 0 N–H and O–H groups in total. The first kappa shape index (κ1) is 16.2. The molecule has 1 fully saturated rings. The van der Waals surface area contributed by atoms with Crippen molar-refractivity contribution in [3.8, 4) is 5.75 Å². The maximum atomic E-state index is 12.8. The van der Waals surface area contributed by atoms with Gasteiger partial charge in [-0.15, -0.1) is 11.3 Å². The van der Waals surface area contributed by atoms with Crippen molar-refractivity contribution >= 4 is 27.3 Å². The number of amides is 1. The van der Waals surface area contributed by atoms with Gasteiger partial charge in [0, 0.05) is 17.8 Å². The molecule has 2 heterocycles. The largest absolute Gasteiger partial charge is 0.497 e. The lowest BCUT2D eigenvalue weighted by atomic mass is 9.89. The van der Waals surface area contributed by atoms with E-state index in [1.54, 1.807) is 18.4 Å². The third-order valence-electron chi connectivity index (χ3n) is 5.01. The second-order valence-electron chi connectivity index (χ2n) is 6.49. The first-order chi connectivity index (χ1) is 12.2. The van der Waals surface area contributed by atoms with Crippen molar-refractivity contribution in [3.63, 3.8) is 0 Å². The molecule has 0 radical (unpaired) electrons. The highest BCUT2D eigenvalue weighted by Gasteiger charge is 2.25. The van der Waals surface area contributed by atoms with Gasteiger partial charge in [-0.05, 0) is 54.0 Å². The van der Waals surface area contributed by atoms with Gasteiger partial charge >= 0.3 is 0 Å². The molecule has 0 atom stereocenters. The number of hydrogen-bond donors (Lipinski definition) is 0. The molecule has 3 aromatic rings. The van der Waals surface area contributed by atoms with Crippen molar-refractivity contribution < 1.29 is 9.53 Å². The van der Waals surface area contributed by atoms with E-state index < -0.39 is 0 Å². The monoisotopic (exact) mass is 351 g/mol. The van der Waals surface area contributed by atoms with E-state index in [1.165, 1.54) is 10.3 Å². The topological polar surface area (TPSA) is 29.5 Å². The number of carbonyl (C=O) groups excluding carboxylic acids is 1. The fourth-order valence-corrected chi connectivity index (χ4v) is 4.57. The zero-order chi connectivity index (χ0) is 17.2. The number of carbonyl (C=O) groups is 1. The van der Waals surface area contributed by atoms with Gasteiger partial charge in [-0.3, -0.25) is 4.79 Å². The molecule has 1 aromatic heterocycles. The van der Waals surface area contributed by atoms with Crippen LogP contribution < -0.4 is 4.74 Å². The van der Waals surface area contributed by atoms with Crippen LogP contribution in [0.5, 0.6) is 5.75 Å². The normalized spacial score (nSPS) is 15.5. The highest BCUT2D eigenvalue weighted by molar-refractivity contribution is 7.20. The summed E-state index contributed by atoms with van der Waals surface area (Å²) >= 11 is 1.60. The third kappa shape index (κ3) is 3.27. The molecule has 0 spiro atoms. The number of ether oxygens (including phenoxy) is 1. The van der Waals surface area contributed by atoms with Crippen LogP contribution in [0.4, 0.5) is 0 Å². The van der Waals surface area contributed by atoms with E-state index in [1.807, 2.05) is 35.2 Å². The number of benzene rings is 2. The van der Waals surface area contributed by atoms with Crippen molar-refractivity contribution in [1.82, 2.24) is 4.90 Å². The summed E-state index contributed by atoms with van der Waals surface area (Å²) in [5.74, 6) is 1.59. The minimum atomic E-state index is 0.175. The second kappa shape index (κ2) is 6.89. The Labute approximate surface area is 151 Å². The number of methoxy groups -OCH3 is 1. The van der Waals surface area contributed by atoms with Crippen LogP contribution in [0.25, 0.3) is 10.1 Å². The summed E-state index contributed by atoms with van der Waals surface area (Å²) in [6.45, 7) is 1.65. The predicted octanol–water partition coefficient (Wildman–Crippen LogP) is 4.93. The van der Waals surface area contributed by atoms with Crippen LogP contribution in [-0.4, -0.2) is 31.0 Å².